The number of carbonyl (C=O) groups is 1. The van der Waals surface area contributed by atoms with Gasteiger partial charge in [-0.15, -0.1) is 0 Å². The highest BCUT2D eigenvalue weighted by Crippen LogP contribution is 2.21. The van der Waals surface area contributed by atoms with Crippen LogP contribution < -0.4 is 0 Å². The molecule has 1 amide bonds. The Labute approximate surface area is 135 Å². The highest BCUT2D eigenvalue weighted by molar-refractivity contribution is 5.93. The highest BCUT2D eigenvalue weighted by atomic mass is 16.5. The summed E-state index contributed by atoms with van der Waals surface area (Å²) in [4.78, 5) is 27.5. The summed E-state index contributed by atoms with van der Waals surface area (Å²) in [5.74, 6) is 0.901. The minimum Gasteiger partial charge on any atom is -0.369 e. The lowest BCUT2D eigenvalue weighted by molar-refractivity contribution is -0.0356. The number of hydrogen-bond donors (Lipinski definition) is 1. The summed E-state index contributed by atoms with van der Waals surface area (Å²) in [6.45, 7) is 3.05. The van der Waals surface area contributed by atoms with E-state index in [-0.39, 0.29) is 12.0 Å². The Morgan fingerprint density at radius 3 is 2.96 bits per heavy atom. The van der Waals surface area contributed by atoms with Crippen LogP contribution in [-0.4, -0.2) is 64.5 Å². The molecule has 2 aromatic rings. The lowest BCUT2D eigenvalue weighted by Gasteiger charge is -2.32. The van der Waals surface area contributed by atoms with Crippen molar-refractivity contribution in [2.45, 2.75) is 12.6 Å². The van der Waals surface area contributed by atoms with Gasteiger partial charge in [-0.2, -0.15) is 0 Å². The number of ether oxygens (including phenoxy) is 1. The molecule has 1 atom stereocenters. The maximum absolute atomic E-state index is 11.9. The number of hydrogen-bond acceptors (Lipinski definition) is 5. The standard InChI is InChI=1S/C16H21N5O2/c1-20(2)16(22)12-3-4-13(19-9-12)14-10-21(7-8-23-14)11-15-17-5-6-18-15/h3-6,9,14H,7-8,10-11H2,1-2H3,(H,17,18). The highest BCUT2D eigenvalue weighted by Gasteiger charge is 2.23. The van der Waals surface area contributed by atoms with Gasteiger partial charge in [-0.1, -0.05) is 0 Å². The Bertz CT molecular complexity index is 639. The molecular formula is C16H21N5O2. The average Bonchev–Trinajstić information content (AvgIpc) is 3.07. The summed E-state index contributed by atoms with van der Waals surface area (Å²) >= 11 is 0. The maximum atomic E-state index is 11.9. The second-order valence-corrected chi connectivity index (χ2v) is 5.80. The Kier molecular flexibility index (Phi) is 4.68. The topological polar surface area (TPSA) is 74.4 Å². The first-order valence-corrected chi connectivity index (χ1v) is 7.63. The van der Waals surface area contributed by atoms with E-state index in [4.69, 9.17) is 4.74 Å². The van der Waals surface area contributed by atoms with Crippen molar-refractivity contribution in [3.63, 3.8) is 0 Å². The van der Waals surface area contributed by atoms with Crippen LogP contribution in [0, 0.1) is 0 Å². The number of morpholine rings is 1. The van der Waals surface area contributed by atoms with Gasteiger partial charge in [0.15, 0.2) is 0 Å². The second-order valence-electron chi connectivity index (χ2n) is 5.80. The van der Waals surface area contributed by atoms with Crippen LogP contribution in [0.1, 0.15) is 28.0 Å². The first kappa shape index (κ1) is 15.6. The fourth-order valence-corrected chi connectivity index (χ4v) is 2.60. The largest absolute Gasteiger partial charge is 0.369 e. The molecule has 3 heterocycles. The quantitative estimate of drug-likeness (QED) is 0.914. The molecule has 2 aromatic heterocycles. The van der Waals surface area contributed by atoms with Gasteiger partial charge in [-0.05, 0) is 12.1 Å². The van der Waals surface area contributed by atoms with Crippen LogP contribution in [0.5, 0.6) is 0 Å². The van der Waals surface area contributed by atoms with E-state index in [2.05, 4.69) is 19.9 Å². The second kappa shape index (κ2) is 6.89. The molecule has 0 aromatic carbocycles. The molecule has 1 unspecified atom stereocenters. The summed E-state index contributed by atoms with van der Waals surface area (Å²) in [5, 5.41) is 0. The van der Waals surface area contributed by atoms with Crippen molar-refractivity contribution >= 4 is 5.91 Å². The Hall–Kier alpha value is -2.25. The van der Waals surface area contributed by atoms with Crippen molar-refractivity contribution in [3.05, 3.63) is 47.8 Å². The first-order chi connectivity index (χ1) is 11.1. The minimum absolute atomic E-state index is 0.0481. The maximum Gasteiger partial charge on any atom is 0.254 e. The number of rotatable bonds is 4. The van der Waals surface area contributed by atoms with Gasteiger partial charge in [0.05, 0.1) is 24.4 Å². The van der Waals surface area contributed by atoms with Gasteiger partial charge in [0, 0.05) is 45.8 Å². The molecule has 1 saturated heterocycles. The van der Waals surface area contributed by atoms with Crippen LogP contribution in [0.2, 0.25) is 0 Å². The predicted molar refractivity (Wildman–Crippen MR) is 84.8 cm³/mol. The molecule has 0 bridgehead atoms. The summed E-state index contributed by atoms with van der Waals surface area (Å²) in [5.41, 5.74) is 1.44. The van der Waals surface area contributed by atoms with E-state index < -0.39 is 0 Å². The van der Waals surface area contributed by atoms with E-state index in [9.17, 15) is 4.79 Å². The van der Waals surface area contributed by atoms with Crippen LogP contribution in [0.25, 0.3) is 0 Å². The number of pyridine rings is 1. The zero-order valence-corrected chi connectivity index (χ0v) is 13.4. The van der Waals surface area contributed by atoms with Gasteiger partial charge in [0.25, 0.3) is 5.91 Å². The summed E-state index contributed by atoms with van der Waals surface area (Å²) in [6.07, 6.45) is 5.12. The lowest BCUT2D eigenvalue weighted by Crippen LogP contribution is -2.38. The van der Waals surface area contributed by atoms with Crippen LogP contribution in [0.4, 0.5) is 0 Å². The molecule has 1 aliphatic heterocycles. The predicted octanol–water partition coefficient (Wildman–Crippen LogP) is 1.08. The van der Waals surface area contributed by atoms with Gasteiger partial charge >= 0.3 is 0 Å². The molecule has 0 saturated carbocycles. The third-order valence-corrected chi connectivity index (χ3v) is 3.85. The lowest BCUT2D eigenvalue weighted by atomic mass is 10.1. The molecule has 3 rings (SSSR count). The third kappa shape index (κ3) is 3.75. The van der Waals surface area contributed by atoms with E-state index in [0.717, 1.165) is 31.2 Å². The van der Waals surface area contributed by atoms with Crippen molar-refractivity contribution in [2.75, 3.05) is 33.8 Å². The van der Waals surface area contributed by atoms with Crippen LogP contribution >= 0.6 is 0 Å². The number of amides is 1. The smallest absolute Gasteiger partial charge is 0.254 e. The zero-order chi connectivity index (χ0) is 16.2. The number of aromatic nitrogens is 3. The van der Waals surface area contributed by atoms with Gasteiger partial charge in [-0.25, -0.2) is 4.98 Å². The number of carbonyl (C=O) groups excluding carboxylic acids is 1. The van der Waals surface area contributed by atoms with Gasteiger partial charge in [0.2, 0.25) is 0 Å². The number of nitrogens with zero attached hydrogens (tertiary/aromatic N) is 4. The summed E-state index contributed by atoms with van der Waals surface area (Å²) in [6, 6.07) is 3.68. The summed E-state index contributed by atoms with van der Waals surface area (Å²) < 4.78 is 5.83. The molecule has 0 radical (unpaired) electrons. The van der Waals surface area contributed by atoms with Crippen LogP contribution in [-0.2, 0) is 11.3 Å². The minimum atomic E-state index is -0.0813. The van der Waals surface area contributed by atoms with Crippen molar-refractivity contribution in [1.82, 2.24) is 24.8 Å². The van der Waals surface area contributed by atoms with E-state index in [0.29, 0.717) is 12.2 Å². The van der Waals surface area contributed by atoms with Crippen molar-refractivity contribution in [1.29, 1.82) is 0 Å². The Morgan fingerprint density at radius 2 is 2.30 bits per heavy atom. The van der Waals surface area contributed by atoms with Crippen molar-refractivity contribution in [2.24, 2.45) is 0 Å². The van der Waals surface area contributed by atoms with Crippen LogP contribution in [0.3, 0.4) is 0 Å². The van der Waals surface area contributed by atoms with E-state index in [1.54, 1.807) is 37.5 Å². The first-order valence-electron chi connectivity index (χ1n) is 7.63. The monoisotopic (exact) mass is 315 g/mol. The number of imidazole rings is 1. The Balaban J connectivity index is 1.65. The molecule has 0 aliphatic carbocycles. The Morgan fingerprint density at radius 1 is 1.43 bits per heavy atom. The molecule has 1 fully saturated rings. The fraction of sp³-hybridized carbons (Fsp3) is 0.438. The zero-order valence-electron chi connectivity index (χ0n) is 13.4. The average molecular weight is 315 g/mol. The van der Waals surface area contributed by atoms with E-state index >= 15 is 0 Å². The SMILES string of the molecule is CN(C)C(=O)c1ccc(C2CN(Cc3ncc[nH]3)CCO2)nc1. The molecule has 122 valence electrons. The van der Waals surface area contributed by atoms with Gasteiger partial charge in [-0.3, -0.25) is 14.7 Å². The molecule has 1 N–H and O–H groups in total. The number of H-pyrrole nitrogens is 1. The molecule has 23 heavy (non-hydrogen) atoms. The molecule has 7 nitrogen and oxygen atoms in total. The van der Waals surface area contributed by atoms with Crippen LogP contribution in [0.15, 0.2) is 30.7 Å². The normalized spacial score (nSPS) is 18.8. The van der Waals surface area contributed by atoms with Gasteiger partial charge < -0.3 is 14.6 Å². The van der Waals surface area contributed by atoms with Crippen molar-refractivity contribution in [3.8, 4) is 0 Å². The number of aromatic amines is 1. The molecule has 7 heteroatoms. The van der Waals surface area contributed by atoms with E-state index in [1.165, 1.54) is 0 Å². The van der Waals surface area contributed by atoms with E-state index in [1.807, 2.05) is 12.3 Å². The fourth-order valence-electron chi connectivity index (χ4n) is 2.60. The molecule has 0 spiro atoms. The van der Waals surface area contributed by atoms with Gasteiger partial charge in [0.1, 0.15) is 11.9 Å². The third-order valence-electron chi connectivity index (χ3n) is 3.85. The molecule has 1 aliphatic rings. The van der Waals surface area contributed by atoms with Crippen molar-refractivity contribution < 1.29 is 9.53 Å². The molecular weight excluding hydrogens is 294 g/mol. The summed E-state index contributed by atoms with van der Waals surface area (Å²) in [7, 11) is 3.46. The number of nitrogens with one attached hydrogen (secondary N) is 1.